The molecule has 0 aromatic carbocycles. The van der Waals surface area contributed by atoms with Crippen molar-refractivity contribution in [2.75, 3.05) is 31.9 Å². The van der Waals surface area contributed by atoms with Gasteiger partial charge >= 0.3 is 0 Å². The first-order valence-corrected chi connectivity index (χ1v) is 7.57. The van der Waals surface area contributed by atoms with E-state index in [2.05, 4.69) is 56.6 Å². The monoisotopic (exact) mass is 244 g/mol. The van der Waals surface area contributed by atoms with Crippen LogP contribution in [0.4, 0.5) is 0 Å². The van der Waals surface area contributed by atoms with Crippen molar-refractivity contribution in [3.63, 3.8) is 0 Å². The molecule has 0 aromatic heterocycles. The van der Waals surface area contributed by atoms with E-state index >= 15 is 0 Å². The minimum atomic E-state index is 0.381. The van der Waals surface area contributed by atoms with Crippen molar-refractivity contribution in [1.82, 2.24) is 10.2 Å². The third kappa shape index (κ3) is 4.27. The van der Waals surface area contributed by atoms with Crippen LogP contribution in [0.25, 0.3) is 0 Å². The maximum atomic E-state index is 3.47. The fourth-order valence-corrected chi connectivity index (χ4v) is 3.45. The highest BCUT2D eigenvalue weighted by Crippen LogP contribution is 2.27. The topological polar surface area (TPSA) is 15.3 Å². The van der Waals surface area contributed by atoms with Crippen molar-refractivity contribution in [3.05, 3.63) is 0 Å². The maximum absolute atomic E-state index is 3.47. The molecule has 0 bridgehead atoms. The second kappa shape index (κ2) is 6.27. The molecule has 1 heterocycles. The van der Waals surface area contributed by atoms with Gasteiger partial charge in [0.15, 0.2) is 0 Å². The summed E-state index contributed by atoms with van der Waals surface area (Å²) in [5.41, 5.74) is 0.381. The standard InChI is InChI=1S/C13H28N2S/c1-6-14-9-13(4,5)10-15-7-8-16-12(3)11(15)2/h11-12,14H,6-10H2,1-5H3. The maximum Gasteiger partial charge on any atom is 0.0184 e. The SMILES string of the molecule is CCNCC(C)(C)CN1CCSC(C)C1C. The minimum absolute atomic E-state index is 0.381. The molecular formula is C13H28N2S. The molecule has 96 valence electrons. The van der Waals surface area contributed by atoms with Gasteiger partial charge in [-0.2, -0.15) is 11.8 Å². The van der Waals surface area contributed by atoms with Gasteiger partial charge in [0.05, 0.1) is 0 Å². The summed E-state index contributed by atoms with van der Waals surface area (Å²) in [5.74, 6) is 1.29. The Morgan fingerprint density at radius 2 is 2.06 bits per heavy atom. The van der Waals surface area contributed by atoms with Crippen molar-refractivity contribution in [2.24, 2.45) is 5.41 Å². The van der Waals surface area contributed by atoms with Crippen LogP contribution in [0, 0.1) is 5.41 Å². The van der Waals surface area contributed by atoms with Crippen molar-refractivity contribution >= 4 is 11.8 Å². The second-order valence-electron chi connectivity index (χ2n) is 5.73. The molecule has 3 heteroatoms. The van der Waals surface area contributed by atoms with Gasteiger partial charge in [0, 0.05) is 36.7 Å². The van der Waals surface area contributed by atoms with Gasteiger partial charge in [-0.1, -0.05) is 27.7 Å². The molecule has 0 spiro atoms. The van der Waals surface area contributed by atoms with Crippen LogP contribution in [0.3, 0.4) is 0 Å². The van der Waals surface area contributed by atoms with Crippen LogP contribution in [0.5, 0.6) is 0 Å². The van der Waals surface area contributed by atoms with E-state index in [0.29, 0.717) is 5.41 Å². The molecule has 0 aliphatic carbocycles. The highest BCUT2D eigenvalue weighted by atomic mass is 32.2. The van der Waals surface area contributed by atoms with Crippen LogP contribution in [0.2, 0.25) is 0 Å². The summed E-state index contributed by atoms with van der Waals surface area (Å²) in [5, 5.41) is 4.25. The van der Waals surface area contributed by atoms with Crippen LogP contribution in [-0.4, -0.2) is 48.1 Å². The first kappa shape index (κ1) is 14.3. The molecule has 2 unspecified atom stereocenters. The lowest BCUT2D eigenvalue weighted by molar-refractivity contribution is 0.138. The van der Waals surface area contributed by atoms with Gasteiger partial charge in [-0.3, -0.25) is 4.90 Å². The van der Waals surface area contributed by atoms with Gasteiger partial charge < -0.3 is 5.32 Å². The van der Waals surface area contributed by atoms with Crippen molar-refractivity contribution in [1.29, 1.82) is 0 Å². The molecule has 16 heavy (non-hydrogen) atoms. The summed E-state index contributed by atoms with van der Waals surface area (Å²) in [6.45, 7) is 16.3. The molecule has 1 saturated heterocycles. The third-order valence-electron chi connectivity index (χ3n) is 3.50. The van der Waals surface area contributed by atoms with Gasteiger partial charge in [-0.05, 0) is 18.9 Å². The number of hydrogen-bond acceptors (Lipinski definition) is 3. The van der Waals surface area contributed by atoms with E-state index in [9.17, 15) is 0 Å². The smallest absolute Gasteiger partial charge is 0.0184 e. The lowest BCUT2D eigenvalue weighted by Crippen LogP contribution is -2.50. The predicted octanol–water partition coefficient (Wildman–Crippen LogP) is 2.45. The van der Waals surface area contributed by atoms with Crippen LogP contribution < -0.4 is 5.32 Å². The molecule has 1 aliphatic rings. The van der Waals surface area contributed by atoms with Crippen LogP contribution >= 0.6 is 11.8 Å². The third-order valence-corrected chi connectivity index (χ3v) is 4.84. The van der Waals surface area contributed by atoms with Crippen molar-refractivity contribution < 1.29 is 0 Å². The molecule has 0 aromatic rings. The molecule has 1 aliphatic heterocycles. The Labute approximate surface area is 106 Å². The van der Waals surface area contributed by atoms with Crippen molar-refractivity contribution in [2.45, 2.75) is 45.9 Å². The molecule has 0 saturated carbocycles. The molecule has 2 nitrogen and oxygen atoms in total. The van der Waals surface area contributed by atoms with E-state index in [4.69, 9.17) is 0 Å². The number of nitrogens with zero attached hydrogens (tertiary/aromatic N) is 1. The van der Waals surface area contributed by atoms with Gasteiger partial charge in [0.25, 0.3) is 0 Å². The number of nitrogens with one attached hydrogen (secondary N) is 1. The van der Waals surface area contributed by atoms with E-state index in [1.165, 1.54) is 18.8 Å². The highest BCUT2D eigenvalue weighted by Gasteiger charge is 2.29. The Morgan fingerprint density at radius 3 is 2.69 bits per heavy atom. The van der Waals surface area contributed by atoms with Crippen LogP contribution in [-0.2, 0) is 0 Å². The summed E-state index contributed by atoms with van der Waals surface area (Å²) in [7, 11) is 0. The minimum Gasteiger partial charge on any atom is -0.316 e. The Kier molecular flexibility index (Phi) is 5.62. The fourth-order valence-electron chi connectivity index (χ4n) is 2.29. The Balaban J connectivity index is 2.45. The summed E-state index contributed by atoms with van der Waals surface area (Å²) >= 11 is 2.12. The molecule has 1 N–H and O–H groups in total. The van der Waals surface area contributed by atoms with Crippen LogP contribution in [0.1, 0.15) is 34.6 Å². The number of rotatable bonds is 5. The van der Waals surface area contributed by atoms with Gasteiger partial charge in [0.1, 0.15) is 0 Å². The lowest BCUT2D eigenvalue weighted by atomic mass is 9.91. The quantitative estimate of drug-likeness (QED) is 0.800. The van der Waals surface area contributed by atoms with E-state index in [0.717, 1.165) is 24.4 Å². The average molecular weight is 244 g/mol. The summed E-state index contributed by atoms with van der Waals surface area (Å²) < 4.78 is 0. The van der Waals surface area contributed by atoms with Crippen LogP contribution in [0.15, 0.2) is 0 Å². The van der Waals surface area contributed by atoms with Gasteiger partial charge in [0.2, 0.25) is 0 Å². The average Bonchev–Trinajstić information content (AvgIpc) is 2.22. The largest absolute Gasteiger partial charge is 0.316 e. The van der Waals surface area contributed by atoms with E-state index in [1.807, 2.05) is 0 Å². The first-order valence-electron chi connectivity index (χ1n) is 6.52. The normalized spacial score (nSPS) is 28.3. The van der Waals surface area contributed by atoms with Gasteiger partial charge in [-0.15, -0.1) is 0 Å². The van der Waals surface area contributed by atoms with E-state index in [-0.39, 0.29) is 0 Å². The molecule has 0 amide bonds. The zero-order valence-electron chi connectivity index (χ0n) is 11.5. The second-order valence-corrected chi connectivity index (χ2v) is 7.22. The lowest BCUT2D eigenvalue weighted by Gasteiger charge is -2.42. The molecule has 0 radical (unpaired) electrons. The van der Waals surface area contributed by atoms with Crippen molar-refractivity contribution in [3.8, 4) is 0 Å². The molecular weight excluding hydrogens is 216 g/mol. The molecule has 1 fully saturated rings. The summed E-state index contributed by atoms with van der Waals surface area (Å²) in [6, 6.07) is 0.722. The number of hydrogen-bond donors (Lipinski definition) is 1. The number of thioether (sulfide) groups is 1. The molecule has 1 rings (SSSR count). The Hall–Kier alpha value is 0.270. The fraction of sp³-hybridized carbons (Fsp3) is 1.00. The van der Waals surface area contributed by atoms with E-state index < -0.39 is 0 Å². The zero-order valence-corrected chi connectivity index (χ0v) is 12.4. The molecule has 2 atom stereocenters. The predicted molar refractivity (Wildman–Crippen MR) is 75.3 cm³/mol. The summed E-state index contributed by atoms with van der Waals surface area (Å²) in [4.78, 5) is 2.67. The first-order chi connectivity index (χ1) is 7.46. The van der Waals surface area contributed by atoms with Gasteiger partial charge in [-0.25, -0.2) is 0 Å². The summed E-state index contributed by atoms with van der Waals surface area (Å²) in [6.07, 6.45) is 0. The Morgan fingerprint density at radius 1 is 1.38 bits per heavy atom. The highest BCUT2D eigenvalue weighted by molar-refractivity contribution is 8.00. The Bertz CT molecular complexity index is 206. The zero-order chi connectivity index (χ0) is 12.2. The van der Waals surface area contributed by atoms with E-state index in [1.54, 1.807) is 0 Å².